The highest BCUT2D eigenvalue weighted by molar-refractivity contribution is 5.95. The highest BCUT2D eigenvalue weighted by Gasteiger charge is 2.24. The SMILES string of the molecule is COc1cc(OC)cc(C(=O)N2CCCN(C(=O)COc3cccc(C)c3C)CC2)c1. The molecule has 166 valence electrons. The van der Waals surface area contributed by atoms with Gasteiger partial charge in [0.15, 0.2) is 6.61 Å². The second-order valence-electron chi connectivity index (χ2n) is 7.61. The molecular weight excluding hydrogens is 396 g/mol. The fourth-order valence-electron chi connectivity index (χ4n) is 3.59. The van der Waals surface area contributed by atoms with Crippen LogP contribution >= 0.6 is 0 Å². The molecule has 2 aromatic rings. The molecule has 7 heteroatoms. The van der Waals surface area contributed by atoms with Gasteiger partial charge >= 0.3 is 0 Å². The molecule has 1 saturated heterocycles. The van der Waals surface area contributed by atoms with Crippen LogP contribution in [0.3, 0.4) is 0 Å². The maximum absolute atomic E-state index is 13.0. The Hall–Kier alpha value is -3.22. The van der Waals surface area contributed by atoms with Gasteiger partial charge in [-0.25, -0.2) is 0 Å². The molecule has 0 unspecified atom stereocenters. The molecule has 2 amide bonds. The van der Waals surface area contributed by atoms with Gasteiger partial charge in [0.2, 0.25) is 0 Å². The number of carbonyl (C=O) groups excluding carboxylic acids is 2. The van der Waals surface area contributed by atoms with Gasteiger partial charge in [0.05, 0.1) is 14.2 Å². The summed E-state index contributed by atoms with van der Waals surface area (Å²) < 4.78 is 16.3. The third-order valence-electron chi connectivity index (χ3n) is 5.64. The van der Waals surface area contributed by atoms with Gasteiger partial charge in [-0.2, -0.15) is 0 Å². The maximum Gasteiger partial charge on any atom is 0.260 e. The minimum Gasteiger partial charge on any atom is -0.497 e. The Labute approximate surface area is 183 Å². The Balaban J connectivity index is 1.60. The van der Waals surface area contributed by atoms with Crippen LogP contribution in [0.4, 0.5) is 0 Å². The second-order valence-corrected chi connectivity index (χ2v) is 7.61. The van der Waals surface area contributed by atoms with Crippen LogP contribution in [0, 0.1) is 13.8 Å². The van der Waals surface area contributed by atoms with Crippen molar-refractivity contribution in [2.24, 2.45) is 0 Å². The van der Waals surface area contributed by atoms with E-state index < -0.39 is 0 Å². The van der Waals surface area contributed by atoms with E-state index in [1.165, 1.54) is 0 Å². The fraction of sp³-hybridized carbons (Fsp3) is 0.417. The van der Waals surface area contributed by atoms with E-state index in [2.05, 4.69) is 0 Å². The molecule has 0 spiro atoms. The standard InChI is InChI=1S/C24H30N2O5/c1-17-7-5-8-22(18(17)2)31-16-23(27)25-9-6-10-26(12-11-25)24(28)19-13-20(29-3)15-21(14-19)30-4/h5,7-8,13-15H,6,9-12,16H2,1-4H3. The zero-order valence-electron chi connectivity index (χ0n) is 18.6. The number of amides is 2. The molecule has 1 aliphatic heterocycles. The monoisotopic (exact) mass is 426 g/mol. The van der Waals surface area contributed by atoms with E-state index in [0.29, 0.717) is 49.7 Å². The van der Waals surface area contributed by atoms with Gasteiger partial charge in [0, 0.05) is 37.8 Å². The topological polar surface area (TPSA) is 68.3 Å². The molecule has 3 rings (SSSR count). The molecule has 1 aliphatic rings. The number of nitrogens with zero attached hydrogens (tertiary/aromatic N) is 2. The van der Waals surface area contributed by atoms with Crippen molar-refractivity contribution in [3.05, 3.63) is 53.1 Å². The Morgan fingerprint density at radius 1 is 0.903 bits per heavy atom. The molecule has 0 aromatic heterocycles. The van der Waals surface area contributed by atoms with Crippen molar-refractivity contribution >= 4 is 11.8 Å². The van der Waals surface area contributed by atoms with Gasteiger partial charge in [0.1, 0.15) is 17.2 Å². The Kier molecular flexibility index (Phi) is 7.39. The first-order chi connectivity index (χ1) is 14.9. The average Bonchev–Trinajstić information content (AvgIpc) is 3.05. The third kappa shape index (κ3) is 5.48. The molecule has 2 aromatic carbocycles. The number of aryl methyl sites for hydroxylation is 1. The summed E-state index contributed by atoms with van der Waals surface area (Å²) in [5, 5.41) is 0. The van der Waals surface area contributed by atoms with Gasteiger partial charge in [0.25, 0.3) is 11.8 Å². The Bertz CT molecular complexity index is 921. The van der Waals surface area contributed by atoms with Gasteiger partial charge in [-0.1, -0.05) is 12.1 Å². The van der Waals surface area contributed by atoms with Crippen molar-refractivity contribution in [1.82, 2.24) is 9.80 Å². The molecule has 0 saturated carbocycles. The summed E-state index contributed by atoms with van der Waals surface area (Å²) in [5.74, 6) is 1.69. The number of rotatable bonds is 6. The largest absolute Gasteiger partial charge is 0.497 e. The lowest BCUT2D eigenvalue weighted by Crippen LogP contribution is -2.39. The maximum atomic E-state index is 13.0. The zero-order valence-corrected chi connectivity index (χ0v) is 18.6. The summed E-state index contributed by atoms with van der Waals surface area (Å²) in [5.41, 5.74) is 2.67. The summed E-state index contributed by atoms with van der Waals surface area (Å²) in [7, 11) is 3.11. The number of carbonyl (C=O) groups is 2. The van der Waals surface area contributed by atoms with Crippen LogP contribution in [0.2, 0.25) is 0 Å². The number of ether oxygens (including phenoxy) is 3. The zero-order chi connectivity index (χ0) is 22.4. The van der Waals surface area contributed by atoms with Crippen LogP contribution in [0.5, 0.6) is 17.2 Å². The lowest BCUT2D eigenvalue weighted by molar-refractivity contribution is -0.133. The van der Waals surface area contributed by atoms with Crippen LogP contribution in [0.25, 0.3) is 0 Å². The summed E-state index contributed by atoms with van der Waals surface area (Å²) in [4.78, 5) is 29.3. The van der Waals surface area contributed by atoms with Crippen molar-refractivity contribution in [3.63, 3.8) is 0 Å². The van der Waals surface area contributed by atoms with Crippen LogP contribution in [-0.4, -0.2) is 68.6 Å². The van der Waals surface area contributed by atoms with Gasteiger partial charge in [-0.05, 0) is 49.6 Å². The predicted octanol–water partition coefficient (Wildman–Crippen LogP) is 3.07. The first-order valence-corrected chi connectivity index (χ1v) is 10.4. The molecule has 7 nitrogen and oxygen atoms in total. The van der Waals surface area contributed by atoms with Gasteiger partial charge < -0.3 is 24.0 Å². The Morgan fingerprint density at radius 2 is 1.55 bits per heavy atom. The van der Waals surface area contributed by atoms with Crippen molar-refractivity contribution in [3.8, 4) is 17.2 Å². The molecular formula is C24H30N2O5. The fourth-order valence-corrected chi connectivity index (χ4v) is 3.59. The minimum atomic E-state index is -0.0989. The summed E-state index contributed by atoms with van der Waals surface area (Å²) in [6.07, 6.45) is 0.710. The molecule has 0 atom stereocenters. The highest BCUT2D eigenvalue weighted by atomic mass is 16.5. The van der Waals surface area contributed by atoms with E-state index in [9.17, 15) is 9.59 Å². The molecule has 0 aliphatic carbocycles. The highest BCUT2D eigenvalue weighted by Crippen LogP contribution is 2.24. The average molecular weight is 427 g/mol. The normalized spacial score (nSPS) is 14.1. The molecule has 1 fully saturated rings. The quantitative estimate of drug-likeness (QED) is 0.710. The predicted molar refractivity (Wildman–Crippen MR) is 118 cm³/mol. The number of methoxy groups -OCH3 is 2. The van der Waals surface area contributed by atoms with Crippen molar-refractivity contribution in [2.45, 2.75) is 20.3 Å². The Morgan fingerprint density at radius 3 is 2.23 bits per heavy atom. The second kappa shape index (κ2) is 10.2. The van der Waals surface area contributed by atoms with Crippen LogP contribution < -0.4 is 14.2 Å². The summed E-state index contributed by atoms with van der Waals surface area (Å²) >= 11 is 0. The number of benzene rings is 2. The van der Waals surface area contributed by atoms with Crippen LogP contribution in [-0.2, 0) is 4.79 Å². The van der Waals surface area contributed by atoms with E-state index in [1.54, 1.807) is 42.2 Å². The minimum absolute atomic E-state index is 0.00861. The number of hydrogen-bond donors (Lipinski definition) is 0. The lowest BCUT2D eigenvalue weighted by Gasteiger charge is -2.23. The molecule has 31 heavy (non-hydrogen) atoms. The first-order valence-electron chi connectivity index (χ1n) is 10.4. The number of hydrogen-bond acceptors (Lipinski definition) is 5. The van der Waals surface area contributed by atoms with Crippen molar-refractivity contribution < 1.29 is 23.8 Å². The van der Waals surface area contributed by atoms with E-state index in [1.807, 2.05) is 32.0 Å². The molecule has 1 heterocycles. The van der Waals surface area contributed by atoms with Crippen molar-refractivity contribution in [2.75, 3.05) is 47.0 Å². The first kappa shape index (κ1) is 22.5. The van der Waals surface area contributed by atoms with E-state index in [-0.39, 0.29) is 18.4 Å². The van der Waals surface area contributed by atoms with E-state index >= 15 is 0 Å². The molecule has 0 radical (unpaired) electrons. The van der Waals surface area contributed by atoms with Gasteiger partial charge in [-0.15, -0.1) is 0 Å². The van der Waals surface area contributed by atoms with Gasteiger partial charge in [-0.3, -0.25) is 9.59 Å². The summed E-state index contributed by atoms with van der Waals surface area (Å²) in [6.45, 7) is 6.11. The smallest absolute Gasteiger partial charge is 0.260 e. The summed E-state index contributed by atoms with van der Waals surface area (Å²) in [6, 6.07) is 11.0. The van der Waals surface area contributed by atoms with E-state index in [0.717, 1.165) is 16.9 Å². The van der Waals surface area contributed by atoms with Crippen LogP contribution in [0.1, 0.15) is 27.9 Å². The molecule has 0 N–H and O–H groups in total. The van der Waals surface area contributed by atoms with Crippen molar-refractivity contribution in [1.29, 1.82) is 0 Å². The lowest BCUT2D eigenvalue weighted by atomic mass is 10.1. The van der Waals surface area contributed by atoms with E-state index in [4.69, 9.17) is 14.2 Å². The molecule has 0 bridgehead atoms. The third-order valence-corrected chi connectivity index (χ3v) is 5.64. The van der Waals surface area contributed by atoms with Crippen LogP contribution in [0.15, 0.2) is 36.4 Å².